The second kappa shape index (κ2) is 6.11. The van der Waals surface area contributed by atoms with Crippen LogP contribution < -0.4 is 0 Å². The van der Waals surface area contributed by atoms with Gasteiger partial charge < -0.3 is 5.11 Å². The van der Waals surface area contributed by atoms with Crippen molar-refractivity contribution >= 4 is 23.6 Å². The van der Waals surface area contributed by atoms with Gasteiger partial charge in [0.1, 0.15) is 0 Å². The van der Waals surface area contributed by atoms with Crippen molar-refractivity contribution in [3.8, 4) is 0 Å². The fraction of sp³-hybridized carbons (Fsp3) is 0.421. The smallest absolute Gasteiger partial charge is 0.310 e. The van der Waals surface area contributed by atoms with E-state index in [1.165, 1.54) is 0 Å². The van der Waals surface area contributed by atoms with Crippen LogP contribution in [0.1, 0.15) is 78.6 Å². The molecule has 2 rings (SSSR count). The molecule has 0 spiro atoms. The van der Waals surface area contributed by atoms with E-state index in [0.717, 1.165) is 16.7 Å². The molecule has 0 bridgehead atoms. The number of hydrogen-bond donors (Lipinski definition) is 1. The molecule has 1 aliphatic rings. The van der Waals surface area contributed by atoms with E-state index in [0.29, 0.717) is 23.1 Å². The summed E-state index contributed by atoms with van der Waals surface area (Å²) in [6, 6.07) is 1.77. The van der Waals surface area contributed by atoms with Crippen LogP contribution in [0.25, 0.3) is 6.08 Å². The van der Waals surface area contributed by atoms with Gasteiger partial charge in [-0.2, -0.15) is 0 Å². The SMILES string of the molecule is CCC(C(=O)O)c1cc(C)c2c(c1C(C)C)C=C(C)C(=O)C2=O. The van der Waals surface area contributed by atoms with Crippen LogP contribution in [0.5, 0.6) is 0 Å². The van der Waals surface area contributed by atoms with Gasteiger partial charge in [-0.05, 0) is 54.5 Å². The van der Waals surface area contributed by atoms with Crippen LogP contribution in [0.2, 0.25) is 0 Å². The van der Waals surface area contributed by atoms with Crippen LogP contribution in [0.3, 0.4) is 0 Å². The molecule has 4 nitrogen and oxygen atoms in total. The highest BCUT2D eigenvalue weighted by molar-refractivity contribution is 6.52. The molecule has 0 heterocycles. The highest BCUT2D eigenvalue weighted by atomic mass is 16.4. The van der Waals surface area contributed by atoms with Gasteiger partial charge in [0.25, 0.3) is 0 Å². The second-order valence-electron chi connectivity index (χ2n) is 6.42. The molecular weight excluding hydrogens is 292 g/mol. The van der Waals surface area contributed by atoms with Crippen molar-refractivity contribution in [2.75, 3.05) is 0 Å². The zero-order valence-corrected chi connectivity index (χ0v) is 14.2. The first kappa shape index (κ1) is 17.1. The lowest BCUT2D eigenvalue weighted by Gasteiger charge is -2.26. The molecule has 4 heteroatoms. The number of carbonyl (C=O) groups is 3. The maximum Gasteiger partial charge on any atom is 0.310 e. The van der Waals surface area contributed by atoms with Gasteiger partial charge in [-0.1, -0.05) is 26.8 Å². The van der Waals surface area contributed by atoms with Gasteiger partial charge in [-0.3, -0.25) is 14.4 Å². The van der Waals surface area contributed by atoms with Crippen LogP contribution in [0.4, 0.5) is 0 Å². The predicted octanol–water partition coefficient (Wildman–Crippen LogP) is 3.87. The van der Waals surface area contributed by atoms with Gasteiger partial charge >= 0.3 is 5.97 Å². The number of allylic oxidation sites excluding steroid dienone is 1. The van der Waals surface area contributed by atoms with Gasteiger partial charge in [0.15, 0.2) is 0 Å². The minimum Gasteiger partial charge on any atom is -0.481 e. The van der Waals surface area contributed by atoms with Gasteiger partial charge in [0.2, 0.25) is 11.6 Å². The molecule has 1 aromatic rings. The Morgan fingerprint density at radius 2 is 1.78 bits per heavy atom. The summed E-state index contributed by atoms with van der Waals surface area (Å²) in [5, 5.41) is 9.54. The highest BCUT2D eigenvalue weighted by Gasteiger charge is 2.32. The molecule has 1 unspecified atom stereocenters. The summed E-state index contributed by atoms with van der Waals surface area (Å²) in [5.41, 5.74) is 3.83. The molecule has 1 N–H and O–H groups in total. The summed E-state index contributed by atoms with van der Waals surface area (Å²) >= 11 is 0. The van der Waals surface area contributed by atoms with Crippen molar-refractivity contribution in [3.63, 3.8) is 0 Å². The molecule has 0 saturated carbocycles. The second-order valence-corrected chi connectivity index (χ2v) is 6.42. The third-order valence-corrected chi connectivity index (χ3v) is 4.45. The van der Waals surface area contributed by atoms with Gasteiger partial charge in [0, 0.05) is 11.1 Å². The molecule has 0 fully saturated rings. The monoisotopic (exact) mass is 314 g/mol. The number of Topliss-reactive ketones (excluding diaryl/α,β-unsaturated/α-hetero) is 2. The van der Waals surface area contributed by atoms with E-state index < -0.39 is 23.5 Å². The van der Waals surface area contributed by atoms with Crippen molar-refractivity contribution in [1.29, 1.82) is 0 Å². The third kappa shape index (κ3) is 2.74. The summed E-state index contributed by atoms with van der Waals surface area (Å²) in [7, 11) is 0. The molecular formula is C19H22O4. The highest BCUT2D eigenvalue weighted by Crippen LogP contribution is 2.38. The Hall–Kier alpha value is -2.23. The first-order valence-corrected chi connectivity index (χ1v) is 7.88. The molecule has 23 heavy (non-hydrogen) atoms. The number of ketones is 2. The van der Waals surface area contributed by atoms with Crippen molar-refractivity contribution in [1.82, 2.24) is 0 Å². The minimum absolute atomic E-state index is 0.0535. The van der Waals surface area contributed by atoms with Gasteiger partial charge in [-0.15, -0.1) is 0 Å². The van der Waals surface area contributed by atoms with Crippen molar-refractivity contribution < 1.29 is 19.5 Å². The lowest BCUT2D eigenvalue weighted by molar-refractivity contribution is -0.138. The number of carboxylic acid groups (broad SMARTS) is 1. The summed E-state index contributed by atoms with van der Waals surface area (Å²) in [4.78, 5) is 36.0. The molecule has 0 aromatic heterocycles. The molecule has 0 saturated heterocycles. The van der Waals surface area contributed by atoms with Gasteiger partial charge in [-0.25, -0.2) is 0 Å². The zero-order chi connectivity index (χ0) is 17.5. The predicted molar refractivity (Wildman–Crippen MR) is 88.9 cm³/mol. The first-order chi connectivity index (χ1) is 10.7. The Bertz CT molecular complexity index is 738. The minimum atomic E-state index is -0.868. The summed E-state index contributed by atoms with van der Waals surface area (Å²) in [6.45, 7) is 9.19. The molecule has 1 aromatic carbocycles. The van der Waals surface area contributed by atoms with Crippen LogP contribution in [-0.4, -0.2) is 22.6 Å². The van der Waals surface area contributed by atoms with Crippen LogP contribution in [0.15, 0.2) is 11.6 Å². The van der Waals surface area contributed by atoms with Crippen LogP contribution in [0, 0.1) is 6.92 Å². The fourth-order valence-corrected chi connectivity index (χ4v) is 3.37. The van der Waals surface area contributed by atoms with Crippen molar-refractivity contribution in [2.24, 2.45) is 0 Å². The standard InChI is InChI=1S/C19H22O4/c1-6-12(19(22)23)13-7-10(4)16-14(15(13)9(2)3)8-11(5)17(20)18(16)21/h7-9,12H,6H2,1-5H3,(H,22,23). The van der Waals surface area contributed by atoms with E-state index in [4.69, 9.17) is 0 Å². The Morgan fingerprint density at radius 3 is 2.26 bits per heavy atom. The Balaban J connectivity index is 2.89. The number of aliphatic carboxylic acids is 1. The largest absolute Gasteiger partial charge is 0.481 e. The van der Waals surface area contributed by atoms with E-state index in [9.17, 15) is 19.5 Å². The third-order valence-electron chi connectivity index (χ3n) is 4.45. The number of carbonyl (C=O) groups excluding carboxylic acids is 2. The van der Waals surface area contributed by atoms with E-state index >= 15 is 0 Å². The average Bonchev–Trinajstić information content (AvgIpc) is 2.44. The summed E-state index contributed by atoms with van der Waals surface area (Å²) in [5.74, 6) is -2.40. The normalized spacial score (nSPS) is 15.5. The van der Waals surface area contributed by atoms with Crippen LogP contribution >= 0.6 is 0 Å². The van der Waals surface area contributed by atoms with E-state index in [2.05, 4.69) is 0 Å². The quantitative estimate of drug-likeness (QED) is 0.856. The van der Waals surface area contributed by atoms with E-state index in [1.807, 2.05) is 20.8 Å². The first-order valence-electron chi connectivity index (χ1n) is 7.88. The van der Waals surface area contributed by atoms with Gasteiger partial charge in [0.05, 0.1) is 5.92 Å². The van der Waals surface area contributed by atoms with Crippen LogP contribution in [-0.2, 0) is 9.59 Å². The fourth-order valence-electron chi connectivity index (χ4n) is 3.37. The maximum atomic E-state index is 12.4. The summed E-state index contributed by atoms with van der Waals surface area (Å²) in [6.07, 6.45) is 2.21. The Morgan fingerprint density at radius 1 is 1.17 bits per heavy atom. The molecule has 1 aliphatic carbocycles. The number of aryl methyl sites for hydroxylation is 1. The maximum absolute atomic E-state index is 12.4. The topological polar surface area (TPSA) is 71.4 Å². The molecule has 0 radical (unpaired) electrons. The molecule has 0 amide bonds. The molecule has 122 valence electrons. The Labute approximate surface area is 136 Å². The number of fused-ring (bicyclic) bond motifs is 1. The van der Waals surface area contributed by atoms with E-state index in [-0.39, 0.29) is 5.92 Å². The number of benzene rings is 1. The molecule has 0 aliphatic heterocycles. The molecule has 1 atom stereocenters. The number of rotatable bonds is 4. The van der Waals surface area contributed by atoms with E-state index in [1.54, 1.807) is 26.0 Å². The van der Waals surface area contributed by atoms with Crippen molar-refractivity contribution in [2.45, 2.75) is 52.9 Å². The summed E-state index contributed by atoms with van der Waals surface area (Å²) < 4.78 is 0. The Kier molecular flexibility index (Phi) is 4.55. The average molecular weight is 314 g/mol. The zero-order valence-electron chi connectivity index (χ0n) is 14.2. The number of carboxylic acids is 1. The number of hydrogen-bond acceptors (Lipinski definition) is 3. The lowest BCUT2D eigenvalue weighted by Crippen LogP contribution is -2.24. The van der Waals surface area contributed by atoms with Crippen molar-refractivity contribution in [3.05, 3.63) is 39.5 Å². The lowest BCUT2D eigenvalue weighted by atomic mass is 9.77.